The Balaban J connectivity index is 1.54. The van der Waals surface area contributed by atoms with E-state index in [0.717, 1.165) is 23.1 Å². The quantitative estimate of drug-likeness (QED) is 0.573. The first-order valence-electron chi connectivity index (χ1n) is 9.77. The number of para-hydroxylation sites is 1. The van der Waals surface area contributed by atoms with Gasteiger partial charge in [0.05, 0.1) is 10.9 Å². The highest BCUT2D eigenvalue weighted by atomic mass is 32.2. The number of aromatic nitrogens is 1. The summed E-state index contributed by atoms with van der Waals surface area (Å²) in [6, 6.07) is 14.6. The van der Waals surface area contributed by atoms with Crippen molar-refractivity contribution in [3.8, 4) is 0 Å². The highest BCUT2D eigenvalue weighted by Gasteiger charge is 2.52. The van der Waals surface area contributed by atoms with E-state index >= 15 is 0 Å². The Morgan fingerprint density at radius 2 is 1.75 bits per heavy atom. The van der Waals surface area contributed by atoms with Gasteiger partial charge in [-0.2, -0.15) is 0 Å². The van der Waals surface area contributed by atoms with Crippen LogP contribution in [0.3, 0.4) is 0 Å². The summed E-state index contributed by atoms with van der Waals surface area (Å²) in [4.78, 5) is 50.8. The van der Waals surface area contributed by atoms with Crippen LogP contribution >= 0.6 is 23.1 Å². The maximum Gasteiger partial charge on any atom is 0.308 e. The number of nitrogens with one attached hydrogen (secondary N) is 2. The van der Waals surface area contributed by atoms with Crippen LogP contribution in [0, 0.1) is 11.7 Å². The van der Waals surface area contributed by atoms with Crippen LogP contribution in [0.4, 0.5) is 10.1 Å². The summed E-state index contributed by atoms with van der Waals surface area (Å²) in [6.45, 7) is -0.227. The number of thiazole rings is 1. The Morgan fingerprint density at radius 1 is 1.03 bits per heavy atom. The zero-order valence-electron chi connectivity index (χ0n) is 16.4. The van der Waals surface area contributed by atoms with Crippen LogP contribution in [0.15, 0.2) is 64.4 Å². The van der Waals surface area contributed by atoms with Crippen LogP contribution in [0.2, 0.25) is 0 Å². The maximum absolute atomic E-state index is 13.5. The van der Waals surface area contributed by atoms with Crippen LogP contribution in [-0.2, 0) is 20.9 Å². The lowest BCUT2D eigenvalue weighted by atomic mass is 9.83. The van der Waals surface area contributed by atoms with Gasteiger partial charge in [0, 0.05) is 16.5 Å². The number of anilines is 1. The van der Waals surface area contributed by atoms with E-state index in [4.69, 9.17) is 0 Å². The molecule has 3 aromatic rings. The Morgan fingerprint density at radius 3 is 2.47 bits per heavy atom. The molecule has 2 N–H and O–H groups in total. The first-order chi connectivity index (χ1) is 15.4. The van der Waals surface area contributed by atoms with Crippen LogP contribution in [0.1, 0.15) is 16.4 Å². The Bertz CT molecular complexity index is 1290. The normalized spacial score (nSPS) is 21.6. The lowest BCUT2D eigenvalue weighted by Crippen LogP contribution is -2.32. The molecule has 1 aromatic heterocycles. The number of nitrogens with zero attached hydrogens (tertiary/aromatic N) is 1. The van der Waals surface area contributed by atoms with E-state index in [-0.39, 0.29) is 17.3 Å². The molecule has 3 heterocycles. The van der Waals surface area contributed by atoms with E-state index in [1.165, 1.54) is 16.7 Å². The van der Waals surface area contributed by atoms with Crippen molar-refractivity contribution < 1.29 is 18.8 Å². The van der Waals surface area contributed by atoms with Gasteiger partial charge >= 0.3 is 4.87 Å². The third-order valence-corrected chi connectivity index (χ3v) is 8.09. The van der Waals surface area contributed by atoms with E-state index in [2.05, 4.69) is 10.6 Å². The van der Waals surface area contributed by atoms with Crippen LogP contribution in [0.5, 0.6) is 0 Å². The summed E-state index contributed by atoms with van der Waals surface area (Å²) < 4.78 is 14.9. The average Bonchev–Trinajstić information content (AvgIpc) is 3.23. The molecular weight excluding hydrogens is 453 g/mol. The molecule has 0 unspecified atom stereocenters. The van der Waals surface area contributed by atoms with Gasteiger partial charge in [-0.1, -0.05) is 53.4 Å². The molecule has 0 saturated carbocycles. The van der Waals surface area contributed by atoms with Crippen molar-refractivity contribution in [2.75, 3.05) is 5.32 Å². The number of carbonyl (C=O) groups is 3. The first-order valence-corrected chi connectivity index (χ1v) is 11.5. The predicted molar refractivity (Wildman–Crippen MR) is 118 cm³/mol. The number of rotatable bonds is 4. The summed E-state index contributed by atoms with van der Waals surface area (Å²) in [5.74, 6) is -2.95. The van der Waals surface area contributed by atoms with Crippen molar-refractivity contribution in [3.63, 3.8) is 0 Å². The van der Waals surface area contributed by atoms with E-state index in [9.17, 15) is 23.6 Å². The van der Waals surface area contributed by atoms with Gasteiger partial charge in [-0.15, -0.1) is 0 Å². The van der Waals surface area contributed by atoms with Gasteiger partial charge in [0.1, 0.15) is 17.6 Å². The number of hydrogen-bond donors (Lipinski definition) is 2. The second kappa shape index (κ2) is 8.03. The number of fused-ring (bicyclic) bond motifs is 2. The van der Waals surface area contributed by atoms with Gasteiger partial charge in [-0.3, -0.25) is 29.1 Å². The summed E-state index contributed by atoms with van der Waals surface area (Å²) in [5, 5.41) is 4.87. The largest absolute Gasteiger partial charge is 0.325 e. The fourth-order valence-electron chi connectivity index (χ4n) is 4.07. The zero-order chi connectivity index (χ0) is 22.4. The zero-order valence-corrected chi connectivity index (χ0v) is 18.0. The molecule has 1 saturated heterocycles. The number of imide groups is 1. The van der Waals surface area contributed by atoms with Crippen molar-refractivity contribution in [2.45, 2.75) is 22.7 Å². The van der Waals surface area contributed by atoms with E-state index < -0.39 is 34.7 Å². The highest BCUT2D eigenvalue weighted by Crippen LogP contribution is 2.51. The Kier molecular flexibility index (Phi) is 5.18. The molecule has 0 bridgehead atoms. The number of halogens is 1. The summed E-state index contributed by atoms with van der Waals surface area (Å²) >= 11 is 2.07. The molecule has 1 fully saturated rings. The molecule has 162 valence electrons. The van der Waals surface area contributed by atoms with Crippen LogP contribution < -0.4 is 15.5 Å². The minimum atomic E-state index is -0.734. The topological polar surface area (TPSA) is 97.3 Å². The van der Waals surface area contributed by atoms with Crippen LogP contribution in [-0.4, -0.2) is 27.5 Å². The Labute approximate surface area is 189 Å². The third-order valence-electron chi connectivity index (χ3n) is 5.48. The van der Waals surface area contributed by atoms with Crippen LogP contribution in [0.25, 0.3) is 0 Å². The van der Waals surface area contributed by atoms with E-state index in [1.54, 1.807) is 36.4 Å². The monoisotopic (exact) mass is 469 g/mol. The number of amides is 3. The summed E-state index contributed by atoms with van der Waals surface area (Å²) in [6.07, 6.45) is 0. The molecular formula is C22H16FN3O4S2. The fraction of sp³-hybridized carbons (Fsp3) is 0.182. The average molecular weight is 470 g/mol. The number of thioether (sulfide) groups is 1. The Hall–Kier alpha value is -3.24. The van der Waals surface area contributed by atoms with Gasteiger partial charge in [0.2, 0.25) is 17.7 Å². The molecule has 0 radical (unpaired) electrons. The molecule has 0 spiro atoms. The molecule has 32 heavy (non-hydrogen) atoms. The molecule has 2 aliphatic heterocycles. The number of hydrogen-bond acceptors (Lipinski definition) is 6. The lowest BCUT2D eigenvalue weighted by Gasteiger charge is -2.30. The van der Waals surface area contributed by atoms with Gasteiger partial charge in [0.15, 0.2) is 0 Å². The molecule has 7 nitrogen and oxygen atoms in total. The van der Waals surface area contributed by atoms with Crippen molar-refractivity contribution in [1.82, 2.24) is 9.88 Å². The summed E-state index contributed by atoms with van der Waals surface area (Å²) in [5.41, 5.74) is 1.24. The molecule has 10 heteroatoms. The SMILES string of the molecule is O=C(Cn1c2c(sc1=O)[C@@H](c1ccc(F)cc1)[C@H]1C(=O)NC(=O)[C@H]1S2)Nc1ccccc1. The standard InChI is InChI=1S/C22H16FN3O4S2/c23-12-8-6-11(7-9-12)15-16-17(20(29)25-19(16)28)31-21-18(15)32-22(30)26(21)10-14(27)24-13-4-2-1-3-5-13/h1-9,15-17H,10H2,(H,24,27)(H,25,28,29)/t15-,16+,17-/m0/s1. The van der Waals surface area contributed by atoms with Crippen molar-refractivity contribution in [1.29, 1.82) is 0 Å². The molecule has 5 rings (SSSR count). The highest BCUT2D eigenvalue weighted by molar-refractivity contribution is 8.00. The minimum absolute atomic E-state index is 0.227. The second-order valence-corrected chi connectivity index (χ2v) is 9.61. The van der Waals surface area contributed by atoms with Gasteiger partial charge in [0.25, 0.3) is 0 Å². The molecule has 3 atom stereocenters. The molecule has 2 aromatic carbocycles. The fourth-order valence-corrected chi connectivity index (χ4v) is 6.81. The smallest absolute Gasteiger partial charge is 0.308 e. The lowest BCUT2D eigenvalue weighted by molar-refractivity contribution is -0.126. The molecule has 2 aliphatic rings. The van der Waals surface area contributed by atoms with Gasteiger partial charge in [-0.25, -0.2) is 4.39 Å². The number of benzene rings is 2. The maximum atomic E-state index is 13.5. The van der Waals surface area contributed by atoms with Gasteiger partial charge in [-0.05, 0) is 29.8 Å². The minimum Gasteiger partial charge on any atom is -0.325 e. The molecule has 3 amide bonds. The van der Waals surface area contributed by atoms with E-state index in [1.807, 2.05) is 6.07 Å². The van der Waals surface area contributed by atoms with Crippen molar-refractivity contribution in [3.05, 3.63) is 80.5 Å². The third kappa shape index (κ3) is 3.55. The van der Waals surface area contributed by atoms with Gasteiger partial charge < -0.3 is 5.32 Å². The first kappa shape index (κ1) is 20.7. The number of carbonyl (C=O) groups excluding carboxylic acids is 3. The predicted octanol–water partition coefficient (Wildman–Crippen LogP) is 2.57. The van der Waals surface area contributed by atoms with Crippen molar-refractivity contribution in [2.24, 2.45) is 5.92 Å². The molecule has 0 aliphatic carbocycles. The second-order valence-electron chi connectivity index (χ2n) is 7.48. The summed E-state index contributed by atoms with van der Waals surface area (Å²) in [7, 11) is 0. The van der Waals surface area contributed by atoms with Crippen molar-refractivity contribution >= 4 is 46.5 Å². The van der Waals surface area contributed by atoms with E-state index in [0.29, 0.717) is 21.2 Å².